The van der Waals surface area contributed by atoms with Gasteiger partial charge in [-0.1, -0.05) is 66.4 Å². The summed E-state index contributed by atoms with van der Waals surface area (Å²) in [6.45, 7) is 0. The number of alkyl halides is 3. The predicted molar refractivity (Wildman–Crippen MR) is 153 cm³/mol. The molecule has 0 fully saturated rings. The number of benzene rings is 5. The van der Waals surface area contributed by atoms with Gasteiger partial charge in [0.1, 0.15) is 11.3 Å². The Bertz CT molecular complexity index is 1600. The van der Waals surface area contributed by atoms with Crippen LogP contribution in [0.25, 0.3) is 0 Å². The predicted octanol–water partition coefficient (Wildman–Crippen LogP) is 9.19. The molecular weight excluding hydrogens is 549 g/mol. The summed E-state index contributed by atoms with van der Waals surface area (Å²) in [6, 6.07) is 36.9. The molecule has 5 aromatic rings. The highest BCUT2D eigenvalue weighted by atomic mass is 32.2. The Morgan fingerprint density at radius 3 is 1.93 bits per heavy atom. The molecule has 0 saturated carbocycles. The number of hydrogen-bond donors (Lipinski definition) is 0. The van der Waals surface area contributed by atoms with Crippen LogP contribution in [0.4, 0.5) is 13.2 Å². The second-order valence-corrected chi connectivity index (χ2v) is 11.9. The minimum absolute atomic E-state index is 0.0647. The van der Waals surface area contributed by atoms with Crippen molar-refractivity contribution in [2.45, 2.75) is 30.7 Å². The molecular formula is C33H24F3O2S2+. The van der Waals surface area contributed by atoms with Crippen LogP contribution in [0, 0.1) is 0 Å². The number of carbonyl (C=O) groups excluding carboxylic acids is 1. The Balaban J connectivity index is 1.50. The van der Waals surface area contributed by atoms with E-state index in [9.17, 15) is 18.0 Å². The normalized spacial score (nSPS) is 12.1. The van der Waals surface area contributed by atoms with Gasteiger partial charge in [-0.05, 0) is 72.8 Å². The monoisotopic (exact) mass is 573 g/mol. The maximum Gasteiger partial charge on any atom is 0.421 e. The average molecular weight is 574 g/mol. The highest BCUT2D eigenvalue weighted by Crippen LogP contribution is 2.41. The van der Waals surface area contributed by atoms with E-state index in [0.29, 0.717) is 16.9 Å². The molecule has 40 heavy (non-hydrogen) atoms. The van der Waals surface area contributed by atoms with Gasteiger partial charge in [-0.15, -0.1) is 0 Å². The molecule has 0 aliphatic carbocycles. The largest absolute Gasteiger partial charge is 0.497 e. The summed E-state index contributed by atoms with van der Waals surface area (Å²) in [7, 11) is 0.538. The number of ether oxygens (including phenoxy) is 1. The first-order valence-corrected chi connectivity index (χ1v) is 14.4. The standard InChI is InChI=1S/C33H24F3O2S2/c1-38-24-15-19-26(20-16-24)40(31-14-8-6-12-29(31)33(34,35)36)27-21-17-25(18-22-27)39-30-13-7-5-11-28(30)32(37)23-9-3-2-4-10-23/h2-22H,1H3/q+1. The van der Waals surface area contributed by atoms with E-state index < -0.39 is 22.6 Å². The molecule has 0 aliphatic heterocycles. The summed E-state index contributed by atoms with van der Waals surface area (Å²) < 4.78 is 47.4. The van der Waals surface area contributed by atoms with E-state index in [-0.39, 0.29) is 10.7 Å². The van der Waals surface area contributed by atoms with Gasteiger partial charge in [0.15, 0.2) is 20.5 Å². The summed E-state index contributed by atoms with van der Waals surface area (Å²) >= 11 is 1.45. The number of hydrogen-bond acceptors (Lipinski definition) is 3. The lowest BCUT2D eigenvalue weighted by molar-refractivity contribution is -0.139. The highest BCUT2D eigenvalue weighted by Gasteiger charge is 2.41. The molecule has 0 heterocycles. The van der Waals surface area contributed by atoms with E-state index in [1.54, 1.807) is 49.6 Å². The van der Waals surface area contributed by atoms with E-state index in [2.05, 4.69) is 0 Å². The van der Waals surface area contributed by atoms with Crippen LogP contribution < -0.4 is 4.74 Å². The van der Waals surface area contributed by atoms with Crippen molar-refractivity contribution in [1.29, 1.82) is 0 Å². The van der Waals surface area contributed by atoms with Crippen molar-refractivity contribution < 1.29 is 22.7 Å². The van der Waals surface area contributed by atoms with Crippen molar-refractivity contribution in [2.75, 3.05) is 7.11 Å². The highest BCUT2D eigenvalue weighted by molar-refractivity contribution is 7.99. The summed E-state index contributed by atoms with van der Waals surface area (Å²) in [5.41, 5.74) is 0.554. The Hall–Kier alpha value is -3.94. The SMILES string of the molecule is COc1ccc([S+](c2ccc(Sc3ccccc3C(=O)c3ccccc3)cc2)c2ccccc2C(F)(F)F)cc1. The fraction of sp³-hybridized carbons (Fsp3) is 0.0606. The average Bonchev–Trinajstić information content (AvgIpc) is 2.99. The molecule has 200 valence electrons. The van der Waals surface area contributed by atoms with E-state index in [0.717, 1.165) is 25.6 Å². The van der Waals surface area contributed by atoms with Gasteiger partial charge < -0.3 is 4.74 Å². The molecule has 0 bridgehead atoms. The van der Waals surface area contributed by atoms with Crippen LogP contribution in [0.2, 0.25) is 0 Å². The maximum absolute atomic E-state index is 14.0. The van der Waals surface area contributed by atoms with Crippen LogP contribution in [-0.2, 0) is 17.1 Å². The van der Waals surface area contributed by atoms with E-state index in [4.69, 9.17) is 4.74 Å². The second-order valence-electron chi connectivity index (χ2n) is 8.74. The number of halogens is 3. The number of carbonyl (C=O) groups is 1. The third-order valence-corrected chi connectivity index (χ3v) is 9.53. The Kier molecular flexibility index (Phi) is 8.33. The van der Waals surface area contributed by atoms with Gasteiger partial charge in [-0.25, -0.2) is 0 Å². The van der Waals surface area contributed by atoms with Gasteiger partial charge >= 0.3 is 6.18 Å². The third-order valence-electron chi connectivity index (χ3n) is 6.16. The minimum atomic E-state index is -4.49. The molecule has 5 aromatic carbocycles. The molecule has 0 aromatic heterocycles. The van der Waals surface area contributed by atoms with Crippen LogP contribution in [0.1, 0.15) is 21.5 Å². The van der Waals surface area contributed by atoms with Crippen molar-refractivity contribution in [3.05, 3.63) is 144 Å². The molecule has 2 nitrogen and oxygen atoms in total. The van der Waals surface area contributed by atoms with Crippen molar-refractivity contribution >= 4 is 28.4 Å². The van der Waals surface area contributed by atoms with Crippen LogP contribution in [0.3, 0.4) is 0 Å². The van der Waals surface area contributed by atoms with E-state index >= 15 is 0 Å². The molecule has 7 heteroatoms. The number of ketones is 1. The van der Waals surface area contributed by atoms with Crippen molar-refractivity contribution in [3.63, 3.8) is 0 Å². The Morgan fingerprint density at radius 2 is 1.27 bits per heavy atom. The van der Waals surface area contributed by atoms with E-state index in [1.165, 1.54) is 17.8 Å². The summed E-state index contributed by atoms with van der Waals surface area (Å²) in [5, 5.41) is 0. The zero-order valence-corrected chi connectivity index (χ0v) is 23.0. The minimum Gasteiger partial charge on any atom is -0.497 e. The quantitative estimate of drug-likeness (QED) is 0.137. The van der Waals surface area contributed by atoms with Crippen LogP contribution >= 0.6 is 11.8 Å². The molecule has 0 N–H and O–H groups in total. The van der Waals surface area contributed by atoms with Gasteiger partial charge in [0.25, 0.3) is 0 Å². The molecule has 5 rings (SSSR count). The lowest BCUT2D eigenvalue weighted by Gasteiger charge is -2.14. The summed E-state index contributed by atoms with van der Waals surface area (Å²) in [6.07, 6.45) is -4.49. The topological polar surface area (TPSA) is 26.3 Å². The Labute approximate surface area is 238 Å². The number of rotatable bonds is 8. The molecule has 0 amide bonds. The van der Waals surface area contributed by atoms with Crippen molar-refractivity contribution in [1.82, 2.24) is 0 Å². The van der Waals surface area contributed by atoms with Gasteiger partial charge in [0, 0.05) is 20.9 Å². The molecule has 0 saturated heterocycles. The maximum atomic E-state index is 14.0. The lowest BCUT2D eigenvalue weighted by Crippen LogP contribution is -2.14. The molecule has 1 unspecified atom stereocenters. The fourth-order valence-corrected chi connectivity index (χ4v) is 7.40. The fourth-order valence-electron chi connectivity index (χ4n) is 4.24. The lowest BCUT2D eigenvalue weighted by atomic mass is 10.0. The zero-order valence-electron chi connectivity index (χ0n) is 21.4. The summed E-state index contributed by atoms with van der Waals surface area (Å²) in [5.74, 6) is 0.567. The molecule has 0 spiro atoms. The first-order chi connectivity index (χ1) is 19.3. The summed E-state index contributed by atoms with van der Waals surface area (Å²) in [4.78, 5) is 16.5. The smallest absolute Gasteiger partial charge is 0.421 e. The van der Waals surface area contributed by atoms with Crippen LogP contribution in [0.5, 0.6) is 5.75 Å². The van der Waals surface area contributed by atoms with Crippen molar-refractivity contribution in [3.8, 4) is 5.75 Å². The first kappa shape index (κ1) is 27.6. The second kappa shape index (κ2) is 12.1. The van der Waals surface area contributed by atoms with Gasteiger partial charge in [-0.3, -0.25) is 4.79 Å². The Morgan fingerprint density at radius 1 is 0.700 bits per heavy atom. The molecule has 1 atom stereocenters. The molecule has 0 aliphatic rings. The van der Waals surface area contributed by atoms with Crippen LogP contribution in [0.15, 0.2) is 152 Å². The number of methoxy groups -OCH3 is 1. The molecule has 0 radical (unpaired) electrons. The van der Waals surface area contributed by atoms with Gasteiger partial charge in [0.2, 0.25) is 0 Å². The first-order valence-electron chi connectivity index (χ1n) is 12.4. The van der Waals surface area contributed by atoms with Crippen molar-refractivity contribution in [2.24, 2.45) is 0 Å². The van der Waals surface area contributed by atoms with Gasteiger partial charge in [0.05, 0.1) is 18.0 Å². The van der Waals surface area contributed by atoms with E-state index in [1.807, 2.05) is 72.8 Å². The zero-order chi connectivity index (χ0) is 28.1. The van der Waals surface area contributed by atoms with Gasteiger partial charge in [-0.2, -0.15) is 13.2 Å². The van der Waals surface area contributed by atoms with Crippen LogP contribution in [-0.4, -0.2) is 12.9 Å². The third kappa shape index (κ3) is 6.11.